The van der Waals surface area contributed by atoms with Crippen molar-refractivity contribution in [3.8, 4) is 11.4 Å². The highest BCUT2D eigenvalue weighted by molar-refractivity contribution is 7.08. The zero-order valence-electron chi connectivity index (χ0n) is 15.2. The molecular weight excluding hydrogens is 372 g/mol. The fourth-order valence-corrected chi connectivity index (χ4v) is 5.17. The van der Waals surface area contributed by atoms with Crippen molar-refractivity contribution in [2.75, 3.05) is 0 Å². The molecule has 2 atom stereocenters. The minimum Gasteiger partial charge on any atom is -0.364 e. The highest BCUT2D eigenvalue weighted by atomic mass is 32.1. The summed E-state index contributed by atoms with van der Waals surface area (Å²) < 4.78 is 2.10. The van der Waals surface area contributed by atoms with Crippen LogP contribution in [0.5, 0.6) is 0 Å². The Kier molecular flexibility index (Phi) is 4.05. The van der Waals surface area contributed by atoms with Crippen molar-refractivity contribution in [1.29, 1.82) is 0 Å². The predicted molar refractivity (Wildman–Crippen MR) is 107 cm³/mol. The molecule has 2 unspecified atom stereocenters. The number of rotatable bonds is 3. The number of imidazole rings is 1. The number of amides is 2. The first-order valence-corrected chi connectivity index (χ1v) is 10.4. The Balaban J connectivity index is 1.59. The molecule has 0 aliphatic carbocycles. The normalized spacial score (nSPS) is 20.6. The maximum absolute atomic E-state index is 13.1. The molecule has 28 heavy (non-hydrogen) atoms. The van der Waals surface area contributed by atoms with Crippen molar-refractivity contribution in [2.24, 2.45) is 5.73 Å². The third-order valence-corrected chi connectivity index (χ3v) is 6.47. The lowest BCUT2D eigenvalue weighted by Crippen LogP contribution is -2.42. The van der Waals surface area contributed by atoms with Crippen LogP contribution >= 0.6 is 11.3 Å². The fourth-order valence-electron chi connectivity index (χ4n) is 4.54. The highest BCUT2D eigenvalue weighted by Crippen LogP contribution is 2.36. The summed E-state index contributed by atoms with van der Waals surface area (Å²) in [5.74, 6) is 0.314. The minimum absolute atomic E-state index is 0.0667. The molecule has 7 heteroatoms. The third-order valence-electron chi connectivity index (χ3n) is 5.78. The smallest absolute Gasteiger partial charge is 0.269 e. The number of thiophene rings is 1. The maximum atomic E-state index is 13.1. The van der Waals surface area contributed by atoms with Crippen LogP contribution in [-0.4, -0.2) is 38.3 Å². The zero-order valence-corrected chi connectivity index (χ0v) is 16.1. The van der Waals surface area contributed by atoms with Crippen LogP contribution in [0.1, 0.15) is 39.4 Å². The van der Waals surface area contributed by atoms with E-state index in [9.17, 15) is 9.59 Å². The molecule has 1 aromatic carbocycles. The van der Waals surface area contributed by atoms with E-state index >= 15 is 0 Å². The van der Waals surface area contributed by atoms with E-state index in [2.05, 4.69) is 9.55 Å². The van der Waals surface area contributed by atoms with Gasteiger partial charge in [-0.05, 0) is 24.3 Å². The number of fused-ring (bicyclic) bond motifs is 3. The molecule has 3 aromatic rings. The second kappa shape index (κ2) is 6.60. The molecular formula is C21H20N4O2S. The number of carbonyl (C=O) groups is 2. The van der Waals surface area contributed by atoms with Crippen LogP contribution in [0.25, 0.3) is 11.4 Å². The van der Waals surface area contributed by atoms with Crippen molar-refractivity contribution in [1.82, 2.24) is 14.5 Å². The van der Waals surface area contributed by atoms with Crippen LogP contribution in [0.4, 0.5) is 0 Å². The highest BCUT2D eigenvalue weighted by Gasteiger charge is 2.42. The first-order valence-electron chi connectivity index (χ1n) is 9.43. The molecule has 0 saturated carbocycles. The molecule has 6 nitrogen and oxygen atoms in total. The Morgan fingerprint density at radius 1 is 1.11 bits per heavy atom. The van der Waals surface area contributed by atoms with Gasteiger partial charge in [0.25, 0.3) is 11.8 Å². The number of benzene rings is 1. The Morgan fingerprint density at radius 2 is 1.89 bits per heavy atom. The maximum Gasteiger partial charge on any atom is 0.269 e. The number of hydrogen-bond acceptors (Lipinski definition) is 4. The molecule has 1 saturated heterocycles. The molecule has 2 amide bonds. The van der Waals surface area contributed by atoms with Gasteiger partial charge in [-0.1, -0.05) is 30.3 Å². The van der Waals surface area contributed by atoms with Crippen LogP contribution in [0.2, 0.25) is 0 Å². The fraction of sp³-hybridized carbons (Fsp3) is 0.286. The first kappa shape index (κ1) is 17.2. The predicted octanol–water partition coefficient (Wildman–Crippen LogP) is 2.94. The average Bonchev–Trinajstić information content (AvgIpc) is 3.40. The summed E-state index contributed by atoms with van der Waals surface area (Å²) in [5.41, 5.74) is 8.52. The van der Waals surface area contributed by atoms with Gasteiger partial charge >= 0.3 is 0 Å². The van der Waals surface area contributed by atoms with Gasteiger partial charge in [0.1, 0.15) is 11.5 Å². The molecule has 2 aliphatic heterocycles. The van der Waals surface area contributed by atoms with Crippen LogP contribution in [0.15, 0.2) is 47.2 Å². The van der Waals surface area contributed by atoms with Gasteiger partial charge in [0.15, 0.2) is 0 Å². The van der Waals surface area contributed by atoms with Crippen LogP contribution in [0, 0.1) is 0 Å². The summed E-state index contributed by atoms with van der Waals surface area (Å²) in [6.07, 6.45) is 2.49. The molecule has 2 bridgehead atoms. The third kappa shape index (κ3) is 2.65. The van der Waals surface area contributed by atoms with E-state index < -0.39 is 5.91 Å². The summed E-state index contributed by atoms with van der Waals surface area (Å²) in [5, 5.41) is 3.83. The lowest BCUT2D eigenvalue weighted by atomic mass is 10.1. The van der Waals surface area contributed by atoms with E-state index in [1.165, 1.54) is 11.3 Å². The van der Waals surface area contributed by atoms with Gasteiger partial charge in [0.2, 0.25) is 0 Å². The van der Waals surface area contributed by atoms with Gasteiger partial charge in [0.05, 0.1) is 17.3 Å². The molecule has 2 aliphatic rings. The van der Waals surface area contributed by atoms with Crippen molar-refractivity contribution in [2.45, 2.75) is 37.9 Å². The van der Waals surface area contributed by atoms with Crippen molar-refractivity contribution >= 4 is 23.2 Å². The second-order valence-corrected chi connectivity index (χ2v) is 8.17. The standard InChI is InChI=1S/C21H20N4O2S/c22-19(26)18-17-10-15-6-7-16(25(15)21(27)14-8-9-28-12-14)11-24(17)20(23-18)13-4-2-1-3-5-13/h1-5,8-9,12,15-16H,6-7,10-11H2,(H2,22,26). The Morgan fingerprint density at radius 3 is 2.61 bits per heavy atom. The largest absolute Gasteiger partial charge is 0.364 e. The zero-order chi connectivity index (χ0) is 19.3. The number of carbonyl (C=O) groups excluding carboxylic acids is 2. The molecule has 1 fully saturated rings. The van der Waals surface area contributed by atoms with Crippen molar-refractivity contribution in [3.63, 3.8) is 0 Å². The Hall–Kier alpha value is -2.93. The number of hydrogen-bond donors (Lipinski definition) is 1. The van der Waals surface area contributed by atoms with Gasteiger partial charge in [0, 0.05) is 30.0 Å². The average molecular weight is 392 g/mol. The van der Waals surface area contributed by atoms with E-state index in [-0.39, 0.29) is 18.0 Å². The van der Waals surface area contributed by atoms with E-state index in [0.717, 1.165) is 35.5 Å². The molecule has 142 valence electrons. The Labute approximate surface area is 166 Å². The number of nitrogens with zero attached hydrogens (tertiary/aromatic N) is 3. The lowest BCUT2D eigenvalue weighted by Gasteiger charge is -2.28. The van der Waals surface area contributed by atoms with Crippen molar-refractivity contribution in [3.05, 3.63) is 64.1 Å². The molecule has 0 radical (unpaired) electrons. The SMILES string of the molecule is NC(=O)c1nc(-c2ccccc2)n2c1CC1CCC(C2)N1C(=O)c1ccsc1. The topological polar surface area (TPSA) is 81.2 Å². The molecule has 0 spiro atoms. The van der Waals surface area contributed by atoms with Gasteiger partial charge in [-0.25, -0.2) is 4.98 Å². The molecule has 4 heterocycles. The summed E-state index contributed by atoms with van der Waals surface area (Å²) >= 11 is 1.53. The first-order chi connectivity index (χ1) is 13.6. The number of primary amides is 1. The molecule has 5 rings (SSSR count). The van der Waals surface area contributed by atoms with Crippen molar-refractivity contribution < 1.29 is 9.59 Å². The van der Waals surface area contributed by atoms with Crippen LogP contribution in [-0.2, 0) is 13.0 Å². The minimum atomic E-state index is -0.514. The second-order valence-electron chi connectivity index (χ2n) is 7.39. The van der Waals surface area contributed by atoms with Gasteiger partial charge in [-0.2, -0.15) is 11.3 Å². The molecule has 2 N–H and O–H groups in total. The van der Waals surface area contributed by atoms with E-state index in [1.54, 1.807) is 0 Å². The Bertz CT molecular complexity index is 1040. The van der Waals surface area contributed by atoms with E-state index in [4.69, 9.17) is 5.73 Å². The van der Waals surface area contributed by atoms with E-state index in [0.29, 0.717) is 18.7 Å². The monoisotopic (exact) mass is 392 g/mol. The van der Waals surface area contributed by atoms with Gasteiger partial charge < -0.3 is 15.2 Å². The van der Waals surface area contributed by atoms with E-state index in [1.807, 2.05) is 52.1 Å². The molecule has 2 aromatic heterocycles. The van der Waals surface area contributed by atoms with Gasteiger partial charge in [-0.3, -0.25) is 9.59 Å². The summed E-state index contributed by atoms with van der Waals surface area (Å²) in [6.45, 7) is 0.631. The van der Waals surface area contributed by atoms with Gasteiger partial charge in [-0.15, -0.1) is 0 Å². The van der Waals surface area contributed by atoms with Crippen LogP contribution < -0.4 is 5.73 Å². The quantitative estimate of drug-likeness (QED) is 0.744. The summed E-state index contributed by atoms with van der Waals surface area (Å²) in [4.78, 5) is 31.9. The van der Waals surface area contributed by atoms with Crippen LogP contribution in [0.3, 0.4) is 0 Å². The number of nitrogens with two attached hydrogens (primary N) is 1. The summed E-state index contributed by atoms with van der Waals surface area (Å²) in [6, 6.07) is 11.9. The number of aromatic nitrogens is 2. The lowest BCUT2D eigenvalue weighted by molar-refractivity contribution is 0.0666. The summed E-state index contributed by atoms with van der Waals surface area (Å²) in [7, 11) is 0.